The number of halogens is 1. The van der Waals surface area contributed by atoms with Crippen molar-refractivity contribution in [1.29, 1.82) is 0 Å². The van der Waals surface area contributed by atoms with Gasteiger partial charge in [0.1, 0.15) is 6.04 Å². The minimum atomic E-state index is -3.87. The van der Waals surface area contributed by atoms with Crippen LogP contribution in [-0.4, -0.2) is 25.5 Å². The van der Waals surface area contributed by atoms with Crippen molar-refractivity contribution < 1.29 is 18.3 Å². The molecule has 0 fully saturated rings. The predicted molar refractivity (Wildman–Crippen MR) is 75.3 cm³/mol. The minimum Gasteiger partial charge on any atom is -0.480 e. The largest absolute Gasteiger partial charge is 0.480 e. The van der Waals surface area contributed by atoms with Gasteiger partial charge in [-0.3, -0.25) is 4.79 Å². The lowest BCUT2D eigenvalue weighted by Crippen LogP contribution is -2.48. The molecule has 0 bridgehead atoms. The maximum absolute atomic E-state index is 12.2. The topological polar surface area (TPSA) is 83.5 Å². The lowest BCUT2D eigenvalue weighted by molar-refractivity contribution is -0.141. The predicted octanol–water partition coefficient (Wildman–Crippen LogP) is 2.23. The van der Waals surface area contributed by atoms with Gasteiger partial charge in [0.2, 0.25) is 10.0 Å². The van der Waals surface area contributed by atoms with Crippen molar-refractivity contribution in [2.24, 2.45) is 5.41 Å². The van der Waals surface area contributed by atoms with E-state index in [9.17, 15) is 13.2 Å². The summed E-state index contributed by atoms with van der Waals surface area (Å²) in [4.78, 5) is 11.2. The van der Waals surface area contributed by atoms with Crippen LogP contribution in [0, 0.1) is 5.41 Å². The highest BCUT2D eigenvalue weighted by Crippen LogP contribution is 2.22. The third-order valence-corrected chi connectivity index (χ3v) is 4.41. The van der Waals surface area contributed by atoms with E-state index < -0.39 is 27.4 Å². The number of hydrogen-bond donors (Lipinski definition) is 2. The molecule has 19 heavy (non-hydrogen) atoms. The Morgan fingerprint density at radius 1 is 1.37 bits per heavy atom. The van der Waals surface area contributed by atoms with Gasteiger partial charge in [-0.25, -0.2) is 8.42 Å². The number of carboxylic acid groups (broad SMARTS) is 1. The average molecular weight is 350 g/mol. The average Bonchev–Trinajstić information content (AvgIpc) is 2.24. The first-order valence-electron chi connectivity index (χ1n) is 5.55. The Balaban J connectivity index is 3.12. The van der Waals surface area contributed by atoms with E-state index in [0.717, 1.165) is 0 Å². The van der Waals surface area contributed by atoms with Gasteiger partial charge < -0.3 is 5.11 Å². The minimum absolute atomic E-state index is 0.0253. The molecule has 0 aliphatic rings. The molecule has 0 aromatic heterocycles. The Kier molecular flexibility index (Phi) is 4.76. The Labute approximate surface area is 121 Å². The molecule has 5 nitrogen and oxygen atoms in total. The molecule has 0 spiro atoms. The normalized spacial score (nSPS) is 14.1. The summed E-state index contributed by atoms with van der Waals surface area (Å²) in [5, 5.41) is 9.14. The van der Waals surface area contributed by atoms with Crippen molar-refractivity contribution in [1.82, 2.24) is 4.72 Å². The lowest BCUT2D eigenvalue weighted by Gasteiger charge is -2.27. The van der Waals surface area contributed by atoms with Gasteiger partial charge in [-0.2, -0.15) is 4.72 Å². The molecule has 0 amide bonds. The number of sulfonamides is 1. The summed E-state index contributed by atoms with van der Waals surface area (Å²) < 4.78 is 27.1. The fourth-order valence-corrected chi connectivity index (χ4v) is 3.45. The van der Waals surface area contributed by atoms with Gasteiger partial charge in [-0.15, -0.1) is 0 Å². The first kappa shape index (κ1) is 16.1. The molecule has 1 atom stereocenters. The van der Waals surface area contributed by atoms with E-state index in [1.165, 1.54) is 12.1 Å². The Bertz CT molecular complexity index is 578. The summed E-state index contributed by atoms with van der Waals surface area (Å²) in [5.74, 6) is -1.20. The van der Waals surface area contributed by atoms with Crippen LogP contribution in [0.4, 0.5) is 0 Å². The number of benzene rings is 1. The molecule has 0 aliphatic heterocycles. The van der Waals surface area contributed by atoms with Crippen LogP contribution in [0.1, 0.15) is 20.8 Å². The number of carbonyl (C=O) groups is 1. The zero-order chi connectivity index (χ0) is 14.8. The van der Waals surface area contributed by atoms with E-state index in [2.05, 4.69) is 20.7 Å². The molecule has 1 rings (SSSR count). The maximum Gasteiger partial charge on any atom is 0.322 e. The van der Waals surface area contributed by atoms with Crippen LogP contribution in [-0.2, 0) is 14.8 Å². The van der Waals surface area contributed by atoms with E-state index in [0.29, 0.717) is 4.47 Å². The monoisotopic (exact) mass is 349 g/mol. The second kappa shape index (κ2) is 5.60. The van der Waals surface area contributed by atoms with Crippen LogP contribution in [0.3, 0.4) is 0 Å². The van der Waals surface area contributed by atoms with Crippen LogP contribution in [0.15, 0.2) is 33.6 Å². The number of aliphatic carboxylic acids is 1. The first-order chi connectivity index (χ1) is 8.54. The van der Waals surface area contributed by atoms with Crippen molar-refractivity contribution in [3.8, 4) is 0 Å². The van der Waals surface area contributed by atoms with Crippen molar-refractivity contribution in [2.45, 2.75) is 31.7 Å². The first-order valence-corrected chi connectivity index (χ1v) is 7.82. The highest BCUT2D eigenvalue weighted by molar-refractivity contribution is 9.10. The number of carboxylic acids is 1. The van der Waals surface area contributed by atoms with Gasteiger partial charge in [0.25, 0.3) is 0 Å². The summed E-state index contributed by atoms with van der Waals surface area (Å²) in [5.41, 5.74) is -0.731. The van der Waals surface area contributed by atoms with Crippen LogP contribution < -0.4 is 4.72 Å². The molecule has 1 unspecified atom stereocenters. The van der Waals surface area contributed by atoms with Gasteiger partial charge in [0.05, 0.1) is 4.90 Å². The highest BCUT2D eigenvalue weighted by atomic mass is 79.9. The maximum atomic E-state index is 12.2. The van der Waals surface area contributed by atoms with Crippen LogP contribution in [0.25, 0.3) is 0 Å². The molecule has 7 heteroatoms. The highest BCUT2D eigenvalue weighted by Gasteiger charge is 2.35. The smallest absolute Gasteiger partial charge is 0.322 e. The summed E-state index contributed by atoms with van der Waals surface area (Å²) >= 11 is 3.18. The Morgan fingerprint density at radius 2 is 1.95 bits per heavy atom. The molecule has 0 saturated carbocycles. The van der Waals surface area contributed by atoms with Gasteiger partial charge in [-0.1, -0.05) is 42.8 Å². The SMILES string of the molecule is CC(C)(C)C(NS(=O)(=O)c1cccc(Br)c1)C(=O)O. The van der Waals surface area contributed by atoms with Crippen molar-refractivity contribution in [2.75, 3.05) is 0 Å². The standard InChI is InChI=1S/C12H16BrNO4S/c1-12(2,3)10(11(15)16)14-19(17,18)9-6-4-5-8(13)7-9/h4-7,10,14H,1-3H3,(H,15,16). The van der Waals surface area contributed by atoms with Gasteiger partial charge in [0, 0.05) is 4.47 Å². The fourth-order valence-electron chi connectivity index (χ4n) is 1.45. The molecular weight excluding hydrogens is 334 g/mol. The van der Waals surface area contributed by atoms with Crippen LogP contribution in [0.2, 0.25) is 0 Å². The molecule has 0 radical (unpaired) electrons. The van der Waals surface area contributed by atoms with Crippen molar-refractivity contribution in [3.63, 3.8) is 0 Å². The molecule has 0 saturated heterocycles. The number of nitrogens with one attached hydrogen (secondary N) is 1. The Morgan fingerprint density at radius 3 is 2.37 bits per heavy atom. The summed E-state index contributed by atoms with van der Waals surface area (Å²) in [6.07, 6.45) is 0. The quantitative estimate of drug-likeness (QED) is 0.872. The lowest BCUT2D eigenvalue weighted by atomic mass is 9.88. The van der Waals surface area contributed by atoms with Crippen molar-refractivity contribution >= 4 is 31.9 Å². The molecular formula is C12H16BrNO4S. The fraction of sp³-hybridized carbons (Fsp3) is 0.417. The second-order valence-corrected chi connectivity index (χ2v) is 7.85. The Hall–Kier alpha value is -0.920. The van der Waals surface area contributed by atoms with E-state index in [4.69, 9.17) is 5.11 Å². The zero-order valence-corrected chi connectivity index (χ0v) is 13.2. The third kappa shape index (κ3) is 4.29. The third-order valence-electron chi connectivity index (χ3n) is 2.49. The molecule has 0 heterocycles. The van der Waals surface area contributed by atoms with Gasteiger partial charge >= 0.3 is 5.97 Å². The number of rotatable bonds is 4. The van der Waals surface area contributed by atoms with E-state index in [1.807, 2.05) is 0 Å². The number of hydrogen-bond acceptors (Lipinski definition) is 3. The van der Waals surface area contributed by atoms with Gasteiger partial charge in [0.15, 0.2) is 0 Å². The molecule has 106 valence electrons. The van der Waals surface area contributed by atoms with E-state index in [-0.39, 0.29) is 4.90 Å². The summed E-state index contributed by atoms with van der Waals surface area (Å²) in [6.45, 7) is 4.99. The van der Waals surface area contributed by atoms with Gasteiger partial charge in [-0.05, 0) is 23.6 Å². The summed E-state index contributed by atoms with van der Waals surface area (Å²) in [7, 11) is -3.87. The van der Waals surface area contributed by atoms with Crippen LogP contribution in [0.5, 0.6) is 0 Å². The molecule has 1 aromatic rings. The van der Waals surface area contributed by atoms with E-state index in [1.54, 1.807) is 32.9 Å². The zero-order valence-electron chi connectivity index (χ0n) is 10.8. The van der Waals surface area contributed by atoms with Crippen LogP contribution >= 0.6 is 15.9 Å². The summed E-state index contributed by atoms with van der Waals surface area (Å²) in [6, 6.07) is 4.90. The second-order valence-electron chi connectivity index (χ2n) is 5.22. The van der Waals surface area contributed by atoms with Crippen molar-refractivity contribution in [3.05, 3.63) is 28.7 Å². The van der Waals surface area contributed by atoms with E-state index >= 15 is 0 Å². The molecule has 0 aliphatic carbocycles. The molecule has 1 aromatic carbocycles. The molecule has 2 N–H and O–H groups in total.